The van der Waals surface area contributed by atoms with Crippen LogP contribution in [-0.4, -0.2) is 92.4 Å². The molecule has 0 saturated heterocycles. The predicted octanol–water partition coefficient (Wildman–Crippen LogP) is 4.60. The van der Waals surface area contributed by atoms with Crippen molar-refractivity contribution in [1.29, 1.82) is 0 Å². The van der Waals surface area contributed by atoms with Crippen molar-refractivity contribution in [3.05, 3.63) is 82.6 Å². The number of methoxy groups -OCH3 is 2. The van der Waals surface area contributed by atoms with E-state index in [9.17, 15) is 22.9 Å². The van der Waals surface area contributed by atoms with Crippen LogP contribution in [-0.2, 0) is 46.9 Å². The van der Waals surface area contributed by atoms with E-state index < -0.39 is 31.7 Å². The van der Waals surface area contributed by atoms with Gasteiger partial charge in [0.05, 0.1) is 33.8 Å². The van der Waals surface area contributed by atoms with Crippen LogP contribution >= 0.6 is 8.43 Å². The Kier molecular flexibility index (Phi) is 13.1. The zero-order valence-corrected chi connectivity index (χ0v) is 26.4. The molecule has 0 aliphatic carbocycles. The Labute approximate surface area is 257 Å². The summed E-state index contributed by atoms with van der Waals surface area (Å²) in [6, 6.07) is 14.6. The van der Waals surface area contributed by atoms with Gasteiger partial charge in [-0.25, -0.2) is 4.79 Å². The molecular formula is C31H39F3N2O7P+. The van der Waals surface area contributed by atoms with Crippen LogP contribution in [0.15, 0.2) is 65.9 Å². The number of rotatable bonds is 15. The number of esters is 1. The van der Waals surface area contributed by atoms with Gasteiger partial charge in [0.2, 0.25) is 11.4 Å². The van der Waals surface area contributed by atoms with Gasteiger partial charge in [0.15, 0.2) is 12.2 Å². The van der Waals surface area contributed by atoms with Crippen LogP contribution in [0.4, 0.5) is 13.2 Å². The molecule has 1 heterocycles. The zero-order chi connectivity index (χ0) is 32.3. The summed E-state index contributed by atoms with van der Waals surface area (Å²) in [5.41, 5.74) is -2.39. The lowest BCUT2D eigenvalue weighted by Gasteiger charge is -2.39. The SMILES string of the molecule is COCCO[N+]1=C(C)C(=PO)C(OCCOC)(c2ccccc2C(F)(F)F)C(C(=O)OCCN(C)Cc2ccccc2)=C1C. The van der Waals surface area contributed by atoms with Crippen molar-refractivity contribution >= 4 is 25.4 Å². The van der Waals surface area contributed by atoms with Crippen molar-refractivity contribution in [1.82, 2.24) is 4.90 Å². The molecule has 1 N–H and O–H groups in total. The molecule has 0 spiro atoms. The molecule has 0 amide bonds. The number of halogens is 3. The fourth-order valence-electron chi connectivity index (χ4n) is 5.05. The third-order valence-corrected chi connectivity index (χ3v) is 7.87. The largest absolute Gasteiger partial charge is 0.461 e. The number of benzene rings is 2. The van der Waals surface area contributed by atoms with Crippen LogP contribution in [0.3, 0.4) is 0 Å². The molecule has 2 aromatic rings. The Bertz CT molecular complexity index is 1370. The third-order valence-electron chi connectivity index (χ3n) is 7.03. The molecule has 0 fully saturated rings. The second kappa shape index (κ2) is 16.3. The molecule has 1 aliphatic rings. The molecule has 240 valence electrons. The number of nitrogens with zero attached hydrogens (tertiary/aromatic N) is 2. The number of likely N-dealkylation sites (N-methyl/N-ethyl adjacent to an activating group) is 1. The lowest BCUT2D eigenvalue weighted by atomic mass is 9.76. The quantitative estimate of drug-likeness (QED) is 0.131. The van der Waals surface area contributed by atoms with Gasteiger partial charge in [-0.2, -0.15) is 13.2 Å². The maximum absolute atomic E-state index is 14.5. The first kappa shape index (κ1) is 35.4. The Hall–Kier alpha value is -3.12. The molecule has 0 aromatic heterocycles. The third kappa shape index (κ3) is 8.12. The molecule has 9 nitrogen and oxygen atoms in total. The Balaban J connectivity index is 2.15. The fraction of sp³-hybridized carbons (Fsp3) is 0.452. The van der Waals surface area contributed by atoms with E-state index in [4.69, 9.17) is 23.8 Å². The highest BCUT2D eigenvalue weighted by molar-refractivity contribution is 7.38. The second-order valence-corrected chi connectivity index (χ2v) is 10.7. The first-order chi connectivity index (χ1) is 21.0. The number of carbonyl (C=O) groups excluding carboxylic acids is 1. The molecule has 13 heteroatoms. The van der Waals surface area contributed by atoms with Gasteiger partial charge in [0.1, 0.15) is 17.5 Å². The summed E-state index contributed by atoms with van der Waals surface area (Å²) in [5.74, 6) is -0.918. The molecule has 1 aliphatic heterocycles. The van der Waals surface area contributed by atoms with Gasteiger partial charge in [-0.05, 0) is 18.7 Å². The normalized spacial score (nSPS) is 18.4. The number of ether oxygens (including phenoxy) is 4. The number of hydrogen-bond acceptors (Lipinski definition) is 8. The van der Waals surface area contributed by atoms with Gasteiger partial charge in [0.25, 0.3) is 0 Å². The lowest BCUT2D eigenvalue weighted by Crippen LogP contribution is -2.53. The minimum absolute atomic E-state index is 0.00425. The second-order valence-electron chi connectivity index (χ2n) is 10.0. The Morgan fingerprint density at radius 1 is 0.955 bits per heavy atom. The van der Waals surface area contributed by atoms with Crippen molar-refractivity contribution in [2.24, 2.45) is 0 Å². The molecule has 44 heavy (non-hydrogen) atoms. The van der Waals surface area contributed by atoms with Crippen LogP contribution < -0.4 is 0 Å². The van der Waals surface area contributed by atoms with Crippen LogP contribution in [0.5, 0.6) is 0 Å². The summed E-state index contributed by atoms with van der Waals surface area (Å²) >= 11 is 0. The molecule has 3 rings (SSSR count). The monoisotopic (exact) mass is 639 g/mol. The smallest absolute Gasteiger partial charge is 0.416 e. The van der Waals surface area contributed by atoms with E-state index in [0.29, 0.717) is 13.1 Å². The van der Waals surface area contributed by atoms with Crippen molar-refractivity contribution in [2.45, 2.75) is 32.2 Å². The fourth-order valence-corrected chi connectivity index (χ4v) is 5.73. The van der Waals surface area contributed by atoms with Crippen LogP contribution in [0, 0.1) is 0 Å². The summed E-state index contributed by atoms with van der Waals surface area (Å²) in [6.07, 6.45) is -4.81. The Morgan fingerprint density at radius 2 is 1.59 bits per heavy atom. The molecule has 1 unspecified atom stereocenters. The number of allylic oxidation sites excluding steroid dienone is 1. The van der Waals surface area contributed by atoms with Crippen LogP contribution in [0.1, 0.15) is 30.5 Å². The standard InChI is InChI=1S/C31H38F3N2O7P/c1-22-27(29(37)41-16-15-35(3)21-24-11-7-6-8-12-24)30(42-19-17-39-4,25-13-9-10-14-26(25)31(32,33)34)28(44-38)23(2)36(22)43-20-18-40-5/h6-14H,15-21H2,1-5H3/p+1. The predicted molar refractivity (Wildman–Crippen MR) is 160 cm³/mol. The average molecular weight is 640 g/mol. The summed E-state index contributed by atoms with van der Waals surface area (Å²) < 4.78 is 67.1. The van der Waals surface area contributed by atoms with E-state index in [1.807, 2.05) is 42.3 Å². The van der Waals surface area contributed by atoms with Gasteiger partial charge in [0, 0.05) is 51.5 Å². The van der Waals surface area contributed by atoms with Crippen molar-refractivity contribution in [3.63, 3.8) is 0 Å². The van der Waals surface area contributed by atoms with Crippen molar-refractivity contribution < 1.29 is 51.4 Å². The van der Waals surface area contributed by atoms with Crippen LogP contribution in [0.2, 0.25) is 0 Å². The van der Waals surface area contributed by atoms with E-state index in [0.717, 1.165) is 11.6 Å². The van der Waals surface area contributed by atoms with E-state index in [1.165, 1.54) is 44.1 Å². The first-order valence-corrected chi connectivity index (χ1v) is 14.8. The highest BCUT2D eigenvalue weighted by Gasteiger charge is 2.58. The number of hydroxylamine groups is 1. The summed E-state index contributed by atoms with van der Waals surface area (Å²) in [7, 11) is 4.33. The summed E-state index contributed by atoms with van der Waals surface area (Å²) in [5, 5.41) is -0.0403. The van der Waals surface area contributed by atoms with E-state index >= 15 is 0 Å². The Morgan fingerprint density at radius 3 is 2.23 bits per heavy atom. The van der Waals surface area contributed by atoms with Gasteiger partial charge in [-0.1, -0.05) is 48.5 Å². The van der Waals surface area contributed by atoms with Gasteiger partial charge >= 0.3 is 12.1 Å². The molecular weight excluding hydrogens is 600 g/mol. The number of alkyl halides is 3. The van der Waals surface area contributed by atoms with E-state index in [1.54, 1.807) is 6.92 Å². The maximum atomic E-state index is 14.5. The highest BCUT2D eigenvalue weighted by Crippen LogP contribution is 2.47. The van der Waals surface area contributed by atoms with E-state index in [2.05, 4.69) is 0 Å². The first-order valence-electron chi connectivity index (χ1n) is 13.9. The van der Waals surface area contributed by atoms with Crippen LogP contribution in [0.25, 0.3) is 0 Å². The highest BCUT2D eigenvalue weighted by atomic mass is 31.1. The van der Waals surface area contributed by atoms with Gasteiger partial charge in [-0.3, -0.25) is 9.74 Å². The lowest BCUT2D eigenvalue weighted by molar-refractivity contribution is -0.754. The maximum Gasteiger partial charge on any atom is 0.416 e. The minimum atomic E-state index is -4.81. The van der Waals surface area contributed by atoms with Crippen molar-refractivity contribution in [3.8, 4) is 0 Å². The topological polar surface area (TPSA) is 89.7 Å². The molecule has 0 bridgehead atoms. The minimum Gasteiger partial charge on any atom is -0.461 e. The number of carbonyl (C=O) groups is 1. The summed E-state index contributed by atoms with van der Waals surface area (Å²) in [4.78, 5) is 32.6. The van der Waals surface area contributed by atoms with Gasteiger partial charge < -0.3 is 23.8 Å². The van der Waals surface area contributed by atoms with Crippen molar-refractivity contribution in [2.75, 3.05) is 60.8 Å². The molecule has 1 atom stereocenters. The molecule has 0 radical (unpaired) electrons. The zero-order valence-electron chi connectivity index (χ0n) is 25.5. The number of hydrogen-bond donors (Lipinski definition) is 1. The van der Waals surface area contributed by atoms with E-state index in [-0.39, 0.29) is 60.9 Å². The van der Waals surface area contributed by atoms with Gasteiger partial charge in [-0.15, -0.1) is 0 Å². The average Bonchev–Trinajstić information content (AvgIpc) is 2.99. The molecule has 2 aromatic carbocycles. The summed E-state index contributed by atoms with van der Waals surface area (Å²) in [6.45, 7) is 4.04. The molecule has 0 saturated carbocycles.